The Morgan fingerprint density at radius 1 is 0.583 bits per heavy atom. The maximum atomic E-state index is 11.8. The van der Waals surface area contributed by atoms with Crippen molar-refractivity contribution >= 4 is 58.7 Å². The highest BCUT2D eigenvalue weighted by Crippen LogP contribution is 2.22. The summed E-state index contributed by atoms with van der Waals surface area (Å²) in [5.41, 5.74) is 4.42. The van der Waals surface area contributed by atoms with E-state index in [1.807, 2.05) is 44.2 Å². The Labute approximate surface area is 356 Å². The molecular formula is C46H48N4O8S2. The van der Waals surface area contributed by atoms with E-state index in [0.29, 0.717) is 37.1 Å². The zero-order valence-electron chi connectivity index (χ0n) is 33.5. The van der Waals surface area contributed by atoms with Gasteiger partial charge in [0, 0.05) is 59.7 Å². The van der Waals surface area contributed by atoms with Gasteiger partial charge in [-0.2, -0.15) is 0 Å². The molecule has 14 heteroatoms. The third-order valence-electron chi connectivity index (χ3n) is 9.61. The highest BCUT2D eigenvalue weighted by molar-refractivity contribution is 7.10. The first-order valence-electron chi connectivity index (χ1n) is 19.6. The van der Waals surface area contributed by atoms with Gasteiger partial charge in [0.05, 0.1) is 34.9 Å². The lowest BCUT2D eigenvalue weighted by molar-refractivity contribution is -0.133. The summed E-state index contributed by atoms with van der Waals surface area (Å²) in [6, 6.07) is 21.1. The van der Waals surface area contributed by atoms with Gasteiger partial charge in [0.2, 0.25) is 0 Å². The molecule has 0 bridgehead atoms. The molecule has 6 rings (SSSR count). The van der Waals surface area contributed by atoms with Gasteiger partial charge in [0.15, 0.2) is 0 Å². The Morgan fingerprint density at radius 2 is 0.967 bits per heavy atom. The standard InChI is InChI=1S/2C23H24N2O4S/c2*1-2-3-6-21-24-14-19(12-18(23(28)29)13-20-5-4-11-30-20)25(21)15-16-7-9-17(10-8-16)22(26)27/h2*4-5,7-12,14H,2-3,6,13,15H2,1H3,(H,26,27)(H,28,29)/b2*18-12+. The van der Waals surface area contributed by atoms with E-state index in [9.17, 15) is 29.4 Å². The van der Waals surface area contributed by atoms with Gasteiger partial charge in [-0.05, 0) is 83.3 Å². The van der Waals surface area contributed by atoms with Crippen molar-refractivity contribution in [2.45, 2.75) is 78.3 Å². The number of aromatic carboxylic acids is 2. The lowest BCUT2D eigenvalue weighted by Gasteiger charge is -2.12. The van der Waals surface area contributed by atoms with E-state index in [4.69, 9.17) is 10.2 Å². The summed E-state index contributed by atoms with van der Waals surface area (Å²) in [6.45, 7) is 5.22. The number of aromatic nitrogens is 4. The molecule has 0 aliphatic heterocycles. The number of imidazole rings is 2. The minimum Gasteiger partial charge on any atom is -0.478 e. The van der Waals surface area contributed by atoms with E-state index in [1.165, 1.54) is 22.7 Å². The topological polar surface area (TPSA) is 185 Å². The number of carboxylic acid groups (broad SMARTS) is 4. The highest BCUT2D eigenvalue weighted by Gasteiger charge is 2.16. The van der Waals surface area contributed by atoms with Gasteiger partial charge in [0.25, 0.3) is 0 Å². The van der Waals surface area contributed by atoms with Gasteiger partial charge in [-0.25, -0.2) is 29.1 Å². The fraction of sp³-hybridized carbons (Fsp3) is 0.261. The molecule has 0 fully saturated rings. The highest BCUT2D eigenvalue weighted by atomic mass is 32.1. The van der Waals surface area contributed by atoms with Gasteiger partial charge in [-0.1, -0.05) is 63.1 Å². The molecule has 0 saturated carbocycles. The number of carbonyl (C=O) groups is 4. The first-order valence-corrected chi connectivity index (χ1v) is 21.4. The van der Waals surface area contributed by atoms with Crippen LogP contribution in [0.25, 0.3) is 12.2 Å². The zero-order chi connectivity index (χ0) is 43.0. The fourth-order valence-corrected chi connectivity index (χ4v) is 7.78. The van der Waals surface area contributed by atoms with Crippen LogP contribution < -0.4 is 0 Å². The maximum Gasteiger partial charge on any atom is 0.335 e. The minimum absolute atomic E-state index is 0.236. The summed E-state index contributed by atoms with van der Waals surface area (Å²) in [4.78, 5) is 56.9. The average molecular weight is 849 g/mol. The summed E-state index contributed by atoms with van der Waals surface area (Å²) in [6.07, 6.45) is 13.2. The van der Waals surface area contributed by atoms with Crippen molar-refractivity contribution < 1.29 is 39.6 Å². The third kappa shape index (κ3) is 12.8. The average Bonchev–Trinajstić information content (AvgIpc) is 4.07. The fourth-order valence-electron chi connectivity index (χ4n) is 6.33. The van der Waals surface area contributed by atoms with Crippen molar-refractivity contribution in [2.24, 2.45) is 0 Å². The Morgan fingerprint density at radius 3 is 1.27 bits per heavy atom. The molecular weight excluding hydrogens is 801 g/mol. The van der Waals surface area contributed by atoms with Crippen LogP contribution in [-0.2, 0) is 48.4 Å². The SMILES string of the molecule is CCCCc1ncc(/C=C(\Cc2cccs2)C(=O)O)n1Cc1ccc(C(=O)O)cc1.CCCCc1ncc(/C=C(\Cc2cccs2)C(=O)O)n1Cc1ccc(C(=O)O)cc1. The molecule has 4 N–H and O–H groups in total. The molecule has 0 spiro atoms. The molecule has 4 aromatic heterocycles. The van der Waals surface area contributed by atoms with Gasteiger partial charge < -0.3 is 29.6 Å². The van der Waals surface area contributed by atoms with E-state index in [2.05, 4.69) is 23.8 Å². The second-order valence-corrected chi connectivity index (χ2v) is 16.1. The summed E-state index contributed by atoms with van der Waals surface area (Å²) in [5, 5.41) is 41.5. The van der Waals surface area contributed by atoms with Crippen LogP contribution in [0.2, 0.25) is 0 Å². The molecule has 0 saturated heterocycles. The molecule has 6 aromatic rings. The van der Waals surface area contributed by atoms with Crippen LogP contribution in [0.3, 0.4) is 0 Å². The molecule has 0 aliphatic rings. The predicted octanol–water partition coefficient (Wildman–Crippen LogP) is 9.49. The van der Waals surface area contributed by atoms with E-state index in [0.717, 1.165) is 82.4 Å². The van der Waals surface area contributed by atoms with E-state index in [1.54, 1.807) is 73.1 Å². The lowest BCUT2D eigenvalue weighted by Crippen LogP contribution is -2.09. The Balaban J connectivity index is 0.000000228. The number of benzene rings is 2. The summed E-state index contributed by atoms with van der Waals surface area (Å²) in [7, 11) is 0. The number of carboxylic acids is 4. The lowest BCUT2D eigenvalue weighted by atomic mass is 10.1. The van der Waals surface area contributed by atoms with E-state index >= 15 is 0 Å². The molecule has 60 heavy (non-hydrogen) atoms. The molecule has 4 heterocycles. The van der Waals surface area contributed by atoms with Crippen LogP contribution in [0.4, 0.5) is 0 Å². The van der Waals surface area contributed by atoms with Gasteiger partial charge >= 0.3 is 23.9 Å². The number of nitrogens with zero attached hydrogens (tertiary/aromatic N) is 4. The number of thiophene rings is 2. The smallest absolute Gasteiger partial charge is 0.335 e. The second kappa shape index (κ2) is 22.1. The van der Waals surface area contributed by atoms with Crippen LogP contribution in [-0.4, -0.2) is 63.4 Å². The molecule has 0 radical (unpaired) electrons. The molecule has 0 aliphatic carbocycles. The quantitative estimate of drug-likeness (QED) is 0.0540. The molecule has 12 nitrogen and oxygen atoms in total. The summed E-state index contributed by atoms with van der Waals surface area (Å²) in [5.74, 6) is -2.03. The Kier molecular flexibility index (Phi) is 16.5. The van der Waals surface area contributed by atoms with E-state index < -0.39 is 23.9 Å². The molecule has 2 aromatic carbocycles. The summed E-state index contributed by atoms with van der Waals surface area (Å²) < 4.78 is 4.03. The van der Waals surface area contributed by atoms with Crippen molar-refractivity contribution in [3.63, 3.8) is 0 Å². The Hall–Kier alpha value is -6.38. The van der Waals surface area contributed by atoms with E-state index in [-0.39, 0.29) is 11.1 Å². The largest absolute Gasteiger partial charge is 0.478 e. The van der Waals surface area contributed by atoms with Crippen molar-refractivity contribution in [3.8, 4) is 0 Å². The number of hydrogen-bond acceptors (Lipinski definition) is 8. The van der Waals surface area contributed by atoms with Crippen molar-refractivity contribution in [3.05, 3.63) is 162 Å². The molecule has 0 unspecified atom stereocenters. The first kappa shape index (κ1) is 44.7. The number of hydrogen-bond donors (Lipinski definition) is 4. The van der Waals surface area contributed by atoms with Gasteiger partial charge in [-0.3, -0.25) is 0 Å². The molecule has 312 valence electrons. The number of rotatable bonds is 20. The predicted molar refractivity (Wildman–Crippen MR) is 234 cm³/mol. The second-order valence-electron chi connectivity index (χ2n) is 14.0. The van der Waals surface area contributed by atoms with Crippen LogP contribution >= 0.6 is 22.7 Å². The Bertz CT molecular complexity index is 2240. The molecule has 0 atom stereocenters. The van der Waals surface area contributed by atoms with Crippen molar-refractivity contribution in [1.82, 2.24) is 19.1 Å². The first-order chi connectivity index (χ1) is 28.9. The van der Waals surface area contributed by atoms with Crippen LogP contribution in [0, 0.1) is 0 Å². The summed E-state index contributed by atoms with van der Waals surface area (Å²) >= 11 is 3.06. The van der Waals surface area contributed by atoms with Crippen molar-refractivity contribution in [2.75, 3.05) is 0 Å². The van der Waals surface area contributed by atoms with Crippen LogP contribution in [0.1, 0.15) is 104 Å². The molecule has 0 amide bonds. The number of unbranched alkanes of at least 4 members (excludes halogenated alkanes) is 2. The van der Waals surface area contributed by atoms with Gasteiger partial charge in [0.1, 0.15) is 11.6 Å². The van der Waals surface area contributed by atoms with Gasteiger partial charge in [-0.15, -0.1) is 22.7 Å². The third-order valence-corrected chi connectivity index (χ3v) is 11.4. The number of aryl methyl sites for hydroxylation is 2. The zero-order valence-corrected chi connectivity index (χ0v) is 35.1. The van der Waals surface area contributed by atoms with Crippen LogP contribution in [0.5, 0.6) is 0 Å². The van der Waals surface area contributed by atoms with Crippen LogP contribution in [0.15, 0.2) is 107 Å². The maximum absolute atomic E-state index is 11.8. The monoisotopic (exact) mass is 848 g/mol. The number of aliphatic carboxylic acids is 2. The van der Waals surface area contributed by atoms with Crippen molar-refractivity contribution in [1.29, 1.82) is 0 Å². The normalized spacial score (nSPS) is 11.6. The minimum atomic E-state index is -0.962.